The van der Waals surface area contributed by atoms with Gasteiger partial charge in [-0.3, -0.25) is 10.2 Å². The van der Waals surface area contributed by atoms with E-state index in [1.54, 1.807) is 0 Å². The van der Waals surface area contributed by atoms with Gasteiger partial charge < -0.3 is 10.1 Å². The fourth-order valence-electron chi connectivity index (χ4n) is 1.70. The lowest BCUT2D eigenvalue weighted by Crippen LogP contribution is -2.53. The number of ether oxygens (including phenoxy) is 1. The van der Waals surface area contributed by atoms with Crippen LogP contribution in [0.4, 0.5) is 4.39 Å². The summed E-state index contributed by atoms with van der Waals surface area (Å²) >= 11 is 5.55. The molecule has 0 saturated carbocycles. The quantitative estimate of drug-likeness (QED) is 0.857. The Morgan fingerprint density at radius 2 is 2.05 bits per heavy atom. The van der Waals surface area contributed by atoms with Gasteiger partial charge in [-0.15, -0.1) is 24.8 Å². The molecule has 1 aromatic carbocycles. The van der Waals surface area contributed by atoms with Crippen molar-refractivity contribution in [1.29, 1.82) is 0 Å². The molecule has 1 heterocycles. The highest BCUT2D eigenvalue weighted by Crippen LogP contribution is 2.20. The molecule has 0 unspecified atom stereocenters. The molecule has 1 aliphatic heterocycles. The number of benzene rings is 1. The Hall–Kier alpha value is -0.790. The van der Waals surface area contributed by atoms with Gasteiger partial charge in [0.1, 0.15) is 11.6 Å². The number of carbonyl (C=O) groups excluding carboxylic acids is 1. The highest BCUT2D eigenvalue weighted by Gasteiger charge is 2.12. The van der Waals surface area contributed by atoms with E-state index in [-0.39, 0.29) is 48.1 Å². The van der Waals surface area contributed by atoms with Crippen molar-refractivity contribution in [1.82, 2.24) is 15.8 Å². The van der Waals surface area contributed by atoms with Gasteiger partial charge in [0.25, 0.3) is 5.91 Å². The first-order chi connectivity index (χ1) is 9.15. The first kappa shape index (κ1) is 20.2. The number of hydrogen-bond acceptors (Lipinski definition) is 4. The largest absolute Gasteiger partial charge is 0.484 e. The van der Waals surface area contributed by atoms with E-state index in [9.17, 15) is 9.18 Å². The van der Waals surface area contributed by atoms with Gasteiger partial charge in [0.15, 0.2) is 6.61 Å². The smallest absolute Gasteiger partial charge is 0.272 e. The van der Waals surface area contributed by atoms with Gasteiger partial charge in [0, 0.05) is 32.2 Å². The summed E-state index contributed by atoms with van der Waals surface area (Å²) in [6, 6.07) is 4.06. The molecule has 1 fully saturated rings. The lowest BCUT2D eigenvalue weighted by atomic mass is 10.3. The normalized spacial score (nSPS) is 14.6. The molecule has 0 bridgehead atoms. The van der Waals surface area contributed by atoms with Crippen molar-refractivity contribution in [3.05, 3.63) is 29.0 Å². The monoisotopic (exact) mass is 359 g/mol. The summed E-state index contributed by atoms with van der Waals surface area (Å²) in [5.41, 5.74) is 2.72. The SMILES string of the molecule is Cl.Cl.O=C(COc1ccc(Cl)c(F)c1)NN1CCNCC1. The Bertz CT molecular complexity index is 459. The topological polar surface area (TPSA) is 53.6 Å². The lowest BCUT2D eigenvalue weighted by molar-refractivity contribution is -0.128. The number of rotatable bonds is 4. The third-order valence-corrected chi connectivity index (χ3v) is 2.97. The summed E-state index contributed by atoms with van der Waals surface area (Å²) in [4.78, 5) is 11.6. The van der Waals surface area contributed by atoms with Gasteiger partial charge in [0.05, 0.1) is 5.02 Å². The number of piperazine rings is 1. The van der Waals surface area contributed by atoms with Crippen molar-refractivity contribution in [2.75, 3.05) is 32.8 Å². The Morgan fingerprint density at radius 3 is 2.67 bits per heavy atom. The number of carbonyl (C=O) groups is 1. The van der Waals surface area contributed by atoms with Crippen LogP contribution in [0.15, 0.2) is 18.2 Å². The molecule has 9 heteroatoms. The zero-order valence-electron chi connectivity index (χ0n) is 11.1. The summed E-state index contributed by atoms with van der Waals surface area (Å²) in [6.45, 7) is 3.01. The molecule has 120 valence electrons. The molecule has 2 N–H and O–H groups in total. The van der Waals surface area contributed by atoms with Crippen LogP contribution in [0.3, 0.4) is 0 Å². The average Bonchev–Trinajstić information content (AvgIpc) is 2.41. The maximum absolute atomic E-state index is 13.1. The second-order valence-corrected chi connectivity index (χ2v) is 4.54. The van der Waals surface area contributed by atoms with Gasteiger partial charge in [-0.1, -0.05) is 11.6 Å². The predicted molar refractivity (Wildman–Crippen MR) is 84.0 cm³/mol. The lowest BCUT2D eigenvalue weighted by Gasteiger charge is -2.27. The molecule has 21 heavy (non-hydrogen) atoms. The predicted octanol–water partition coefficient (Wildman–Crippen LogP) is 1.64. The van der Waals surface area contributed by atoms with E-state index in [4.69, 9.17) is 16.3 Å². The molecule has 1 aliphatic rings. The fourth-order valence-corrected chi connectivity index (χ4v) is 1.82. The van der Waals surface area contributed by atoms with Crippen molar-refractivity contribution >= 4 is 42.3 Å². The maximum Gasteiger partial charge on any atom is 0.272 e. The molecular weight excluding hydrogens is 344 g/mol. The second kappa shape index (κ2) is 10.0. The van der Waals surface area contributed by atoms with Crippen molar-refractivity contribution in [3.63, 3.8) is 0 Å². The van der Waals surface area contributed by atoms with Crippen LogP contribution >= 0.6 is 36.4 Å². The van der Waals surface area contributed by atoms with Crippen molar-refractivity contribution < 1.29 is 13.9 Å². The fraction of sp³-hybridized carbons (Fsp3) is 0.417. The third kappa shape index (κ3) is 6.67. The summed E-state index contributed by atoms with van der Waals surface area (Å²) in [5.74, 6) is -0.559. The molecule has 0 aliphatic carbocycles. The summed E-state index contributed by atoms with van der Waals surface area (Å²) in [5, 5.41) is 5.03. The van der Waals surface area contributed by atoms with Crippen LogP contribution in [0.2, 0.25) is 5.02 Å². The Morgan fingerprint density at radius 1 is 1.38 bits per heavy atom. The number of nitrogens with one attached hydrogen (secondary N) is 2. The summed E-state index contributed by atoms with van der Waals surface area (Å²) < 4.78 is 18.3. The molecule has 1 saturated heterocycles. The Labute approximate surface area is 139 Å². The Kier molecular flexibility index (Phi) is 9.65. The van der Waals surface area contributed by atoms with Crippen LogP contribution in [-0.2, 0) is 4.79 Å². The van der Waals surface area contributed by atoms with Crippen molar-refractivity contribution in [3.8, 4) is 5.75 Å². The van der Waals surface area contributed by atoms with E-state index in [0.29, 0.717) is 0 Å². The van der Waals surface area contributed by atoms with Gasteiger partial charge in [-0.05, 0) is 12.1 Å². The number of hydrazine groups is 1. The average molecular weight is 361 g/mol. The highest BCUT2D eigenvalue weighted by molar-refractivity contribution is 6.30. The van der Waals surface area contributed by atoms with E-state index >= 15 is 0 Å². The summed E-state index contributed by atoms with van der Waals surface area (Å²) in [7, 11) is 0. The molecule has 1 aromatic rings. The van der Waals surface area contributed by atoms with Gasteiger partial charge in [0.2, 0.25) is 0 Å². The van der Waals surface area contributed by atoms with Crippen LogP contribution in [0, 0.1) is 5.82 Å². The molecule has 5 nitrogen and oxygen atoms in total. The molecule has 2 rings (SSSR count). The minimum atomic E-state index is -0.568. The number of hydrogen-bond donors (Lipinski definition) is 2. The number of amides is 1. The van der Waals surface area contributed by atoms with Crippen molar-refractivity contribution in [2.24, 2.45) is 0 Å². The summed E-state index contributed by atoms with van der Waals surface area (Å²) in [6.07, 6.45) is 0. The first-order valence-corrected chi connectivity index (χ1v) is 6.36. The van der Waals surface area contributed by atoms with Crippen LogP contribution in [0.1, 0.15) is 0 Å². The van der Waals surface area contributed by atoms with Crippen molar-refractivity contribution in [2.45, 2.75) is 0 Å². The van der Waals surface area contributed by atoms with E-state index in [0.717, 1.165) is 32.2 Å². The zero-order chi connectivity index (χ0) is 13.7. The van der Waals surface area contributed by atoms with E-state index in [1.165, 1.54) is 12.1 Å². The van der Waals surface area contributed by atoms with Gasteiger partial charge in [-0.25, -0.2) is 9.40 Å². The standard InChI is InChI=1S/C12H15ClFN3O2.2ClH/c13-10-2-1-9(7-11(10)14)19-8-12(18)16-17-5-3-15-4-6-17;;/h1-2,7,15H,3-6,8H2,(H,16,18);2*1H. The molecule has 0 radical (unpaired) electrons. The second-order valence-electron chi connectivity index (χ2n) is 4.14. The molecule has 0 atom stereocenters. The van der Waals surface area contributed by atoms with Gasteiger partial charge in [-0.2, -0.15) is 0 Å². The van der Waals surface area contributed by atoms with Crippen LogP contribution in [0.5, 0.6) is 5.75 Å². The molecule has 0 spiro atoms. The molecule has 1 amide bonds. The minimum Gasteiger partial charge on any atom is -0.484 e. The van der Waals surface area contributed by atoms with Crippen LogP contribution in [-0.4, -0.2) is 43.7 Å². The number of nitrogens with zero attached hydrogens (tertiary/aromatic N) is 1. The van der Waals surface area contributed by atoms with E-state index in [2.05, 4.69) is 10.7 Å². The zero-order valence-corrected chi connectivity index (χ0v) is 13.5. The van der Waals surface area contributed by atoms with Gasteiger partial charge >= 0.3 is 0 Å². The van der Waals surface area contributed by atoms with E-state index in [1.807, 2.05) is 5.01 Å². The first-order valence-electron chi connectivity index (χ1n) is 5.98. The maximum atomic E-state index is 13.1. The van der Waals surface area contributed by atoms with Crippen LogP contribution in [0.25, 0.3) is 0 Å². The minimum absolute atomic E-state index is 0. The molecule has 0 aromatic heterocycles. The Balaban J connectivity index is 0.00000200. The third-order valence-electron chi connectivity index (χ3n) is 2.66. The highest BCUT2D eigenvalue weighted by atomic mass is 35.5. The van der Waals surface area contributed by atoms with E-state index < -0.39 is 5.82 Å². The van der Waals surface area contributed by atoms with Crippen LogP contribution < -0.4 is 15.5 Å². The molecular formula is C12H17Cl3FN3O2. The number of halogens is 4.